The van der Waals surface area contributed by atoms with Crippen molar-refractivity contribution in [1.82, 2.24) is 9.21 Å². The third-order valence-electron chi connectivity index (χ3n) is 7.49. The van der Waals surface area contributed by atoms with Gasteiger partial charge in [0.05, 0.1) is 22.8 Å². The smallest absolute Gasteiger partial charge is 0.243 e. The van der Waals surface area contributed by atoms with Crippen molar-refractivity contribution in [1.29, 1.82) is 0 Å². The Bertz CT molecular complexity index is 1290. The van der Waals surface area contributed by atoms with E-state index in [0.717, 1.165) is 5.56 Å². The Balaban J connectivity index is 1.66. The summed E-state index contributed by atoms with van der Waals surface area (Å²) in [6, 6.07) is 12.6. The highest BCUT2D eigenvalue weighted by Crippen LogP contribution is 2.55. The molecule has 2 heterocycles. The van der Waals surface area contributed by atoms with Crippen molar-refractivity contribution in [2.24, 2.45) is 23.7 Å². The molecule has 0 unspecified atom stereocenters. The Kier molecular flexibility index (Phi) is 5.66. The van der Waals surface area contributed by atoms with Gasteiger partial charge in [0.15, 0.2) is 0 Å². The molecule has 3 aliphatic rings. The van der Waals surface area contributed by atoms with Crippen LogP contribution in [0.15, 0.2) is 53.4 Å². The number of benzene rings is 2. The van der Waals surface area contributed by atoms with Crippen molar-refractivity contribution < 1.29 is 22.8 Å². The van der Waals surface area contributed by atoms with Crippen molar-refractivity contribution >= 4 is 39.2 Å². The van der Waals surface area contributed by atoms with Crippen LogP contribution in [0.25, 0.3) is 0 Å². The van der Waals surface area contributed by atoms with Crippen LogP contribution in [0.1, 0.15) is 30.5 Å². The van der Waals surface area contributed by atoms with E-state index in [4.69, 9.17) is 11.6 Å². The van der Waals surface area contributed by atoms with Gasteiger partial charge in [0, 0.05) is 30.5 Å². The minimum atomic E-state index is -4.02. The number of Topliss-reactive ketones (excluding diaryl/α,β-unsaturated/α-hetero) is 1. The summed E-state index contributed by atoms with van der Waals surface area (Å²) in [6.45, 7) is 3.80. The van der Waals surface area contributed by atoms with Crippen LogP contribution in [0.4, 0.5) is 0 Å². The van der Waals surface area contributed by atoms with Gasteiger partial charge in [-0.15, -0.1) is 0 Å². The van der Waals surface area contributed by atoms with Gasteiger partial charge in [-0.2, -0.15) is 4.31 Å². The van der Waals surface area contributed by atoms with Crippen molar-refractivity contribution in [3.63, 3.8) is 0 Å². The number of ketones is 1. The van der Waals surface area contributed by atoms with E-state index in [0.29, 0.717) is 10.6 Å². The Hall–Kier alpha value is -2.55. The number of hydrogen-bond donors (Lipinski definition) is 0. The summed E-state index contributed by atoms with van der Waals surface area (Å²) in [5.74, 6) is -3.63. The normalized spacial score (nSPS) is 29.4. The number of hydrogen-bond acceptors (Lipinski definition) is 5. The fraction of sp³-hybridized carbons (Fsp3) is 0.400. The second kappa shape index (κ2) is 8.29. The molecule has 0 N–H and O–H groups in total. The molecule has 34 heavy (non-hydrogen) atoms. The van der Waals surface area contributed by atoms with Crippen molar-refractivity contribution in [3.8, 4) is 0 Å². The summed E-state index contributed by atoms with van der Waals surface area (Å²) >= 11 is 6.51. The van der Waals surface area contributed by atoms with Crippen LogP contribution in [0.5, 0.6) is 0 Å². The minimum Gasteiger partial charge on any atom is -0.299 e. The summed E-state index contributed by atoms with van der Waals surface area (Å²) < 4.78 is 29.0. The molecule has 2 aromatic carbocycles. The first-order chi connectivity index (χ1) is 16.2. The van der Waals surface area contributed by atoms with Crippen molar-refractivity contribution in [2.45, 2.75) is 31.2 Å². The number of sulfonamides is 1. The van der Waals surface area contributed by atoms with E-state index >= 15 is 0 Å². The fourth-order valence-electron chi connectivity index (χ4n) is 5.93. The van der Waals surface area contributed by atoms with E-state index in [1.807, 2.05) is 6.92 Å². The first kappa shape index (κ1) is 23.2. The van der Waals surface area contributed by atoms with E-state index in [1.54, 1.807) is 55.5 Å². The van der Waals surface area contributed by atoms with Gasteiger partial charge in [0.1, 0.15) is 5.78 Å². The molecule has 0 radical (unpaired) electrons. The van der Waals surface area contributed by atoms with Crippen LogP contribution in [0.3, 0.4) is 0 Å². The molecule has 1 aliphatic carbocycles. The Labute approximate surface area is 203 Å². The average Bonchev–Trinajstić information content (AvgIpc) is 3.31. The number of carbonyl (C=O) groups is 3. The number of aryl methyl sites for hydroxylation is 1. The topological polar surface area (TPSA) is 91.8 Å². The van der Waals surface area contributed by atoms with Crippen LogP contribution in [0.2, 0.25) is 5.02 Å². The molecule has 178 valence electrons. The summed E-state index contributed by atoms with van der Waals surface area (Å²) in [5, 5.41) is 0.358. The molecule has 0 aromatic heterocycles. The zero-order valence-electron chi connectivity index (χ0n) is 18.8. The maximum atomic E-state index is 13.9. The summed E-state index contributed by atoms with van der Waals surface area (Å²) in [5.41, 5.74) is 1.45. The minimum absolute atomic E-state index is 0.0275. The zero-order chi connectivity index (χ0) is 24.4. The Morgan fingerprint density at radius 1 is 0.971 bits per heavy atom. The third kappa shape index (κ3) is 3.34. The molecular weight excluding hydrogens is 476 g/mol. The molecule has 0 spiro atoms. The Morgan fingerprint density at radius 2 is 1.65 bits per heavy atom. The molecule has 0 bridgehead atoms. The highest BCUT2D eigenvalue weighted by Gasteiger charge is 2.63. The molecular formula is C25H25ClN2O5S. The van der Waals surface area contributed by atoms with Gasteiger partial charge in [-0.05, 0) is 43.5 Å². The SMILES string of the molecule is CCN1C(=O)[C@@H]2[C@@H]3CN(S(=O)(=O)c4ccc(C)cc4)[C@@H](c4ccccc4Cl)[C@@H]3C(=O)C[C@@H]2C1=O. The molecule has 9 heteroatoms. The van der Waals surface area contributed by atoms with Gasteiger partial charge in [-0.25, -0.2) is 8.42 Å². The van der Waals surface area contributed by atoms with Crippen LogP contribution >= 0.6 is 11.6 Å². The van der Waals surface area contributed by atoms with Crippen molar-refractivity contribution in [3.05, 3.63) is 64.7 Å². The number of fused-ring (bicyclic) bond motifs is 3. The Morgan fingerprint density at radius 3 is 2.29 bits per heavy atom. The molecule has 1 saturated carbocycles. The molecule has 2 saturated heterocycles. The lowest BCUT2D eigenvalue weighted by Crippen LogP contribution is -2.42. The van der Waals surface area contributed by atoms with Crippen LogP contribution in [0, 0.1) is 30.6 Å². The molecule has 2 aromatic rings. The average molecular weight is 501 g/mol. The molecule has 3 fully saturated rings. The van der Waals surface area contributed by atoms with Gasteiger partial charge in [-0.3, -0.25) is 19.3 Å². The van der Waals surface area contributed by atoms with Gasteiger partial charge >= 0.3 is 0 Å². The zero-order valence-corrected chi connectivity index (χ0v) is 20.4. The number of nitrogens with zero attached hydrogens (tertiary/aromatic N) is 2. The summed E-state index contributed by atoms with van der Waals surface area (Å²) in [4.78, 5) is 40.8. The highest BCUT2D eigenvalue weighted by atomic mass is 35.5. The number of likely N-dealkylation sites (tertiary alicyclic amines) is 1. The lowest BCUT2D eigenvalue weighted by Gasteiger charge is -2.34. The first-order valence-corrected chi connectivity index (χ1v) is 13.2. The predicted molar refractivity (Wildman–Crippen MR) is 125 cm³/mol. The lowest BCUT2D eigenvalue weighted by molar-refractivity contribution is -0.140. The summed E-state index contributed by atoms with van der Waals surface area (Å²) in [6.07, 6.45) is -0.0632. The van der Waals surface area contributed by atoms with E-state index in [-0.39, 0.29) is 42.0 Å². The predicted octanol–water partition coefficient (Wildman–Crippen LogP) is 3.22. The second-order valence-electron chi connectivity index (χ2n) is 9.27. The molecule has 5 rings (SSSR count). The van der Waals surface area contributed by atoms with Crippen LogP contribution < -0.4 is 0 Å². The molecule has 2 aliphatic heterocycles. The largest absolute Gasteiger partial charge is 0.299 e. The number of halogens is 1. The summed E-state index contributed by atoms with van der Waals surface area (Å²) in [7, 11) is -4.02. The van der Waals surface area contributed by atoms with Crippen molar-refractivity contribution in [2.75, 3.05) is 13.1 Å². The maximum absolute atomic E-state index is 13.9. The number of rotatable bonds is 4. The van der Waals surface area contributed by atoms with E-state index in [1.165, 1.54) is 9.21 Å². The fourth-order valence-corrected chi connectivity index (χ4v) is 7.84. The molecule has 7 nitrogen and oxygen atoms in total. The quantitative estimate of drug-likeness (QED) is 0.601. The first-order valence-electron chi connectivity index (χ1n) is 11.4. The molecule has 5 atom stereocenters. The van der Waals surface area contributed by atoms with E-state index in [2.05, 4.69) is 0 Å². The van der Waals surface area contributed by atoms with Gasteiger partial charge in [0.2, 0.25) is 21.8 Å². The maximum Gasteiger partial charge on any atom is 0.243 e. The highest BCUT2D eigenvalue weighted by molar-refractivity contribution is 7.89. The second-order valence-corrected chi connectivity index (χ2v) is 11.6. The monoisotopic (exact) mass is 500 g/mol. The lowest BCUT2D eigenvalue weighted by atomic mass is 9.66. The van der Waals surface area contributed by atoms with E-state index in [9.17, 15) is 22.8 Å². The molecule has 2 amide bonds. The van der Waals surface area contributed by atoms with Gasteiger partial charge in [-0.1, -0.05) is 47.5 Å². The number of carbonyl (C=O) groups excluding carboxylic acids is 3. The number of amides is 2. The van der Waals surface area contributed by atoms with Crippen LogP contribution in [-0.2, 0) is 24.4 Å². The van der Waals surface area contributed by atoms with E-state index < -0.39 is 39.7 Å². The van der Waals surface area contributed by atoms with Crippen LogP contribution in [-0.4, -0.2) is 48.3 Å². The van der Waals surface area contributed by atoms with Gasteiger partial charge < -0.3 is 0 Å². The van der Waals surface area contributed by atoms with Gasteiger partial charge in [0.25, 0.3) is 0 Å². The number of imide groups is 1. The third-order valence-corrected chi connectivity index (χ3v) is 9.70. The standard InChI is InChI=1S/C25H25ClN2O5S/c1-3-27-24(30)17-12-20(29)22-18(21(17)25(27)31)13-28(23(22)16-6-4-5-7-19(16)26)34(32,33)15-10-8-14(2)9-11-15/h4-11,17-18,21-23H,3,12-13H2,1-2H3/t17-,18-,21-,22-,23-/m0/s1.